The molecule has 184 valence electrons. The highest BCUT2D eigenvalue weighted by Crippen LogP contribution is 2.23. The third-order valence-corrected chi connectivity index (χ3v) is 6.07. The van der Waals surface area contributed by atoms with Gasteiger partial charge in [-0.05, 0) is 57.9 Å². The van der Waals surface area contributed by atoms with Crippen molar-refractivity contribution in [3.63, 3.8) is 0 Å². The van der Waals surface area contributed by atoms with Gasteiger partial charge in [-0.15, -0.1) is 0 Å². The number of nitrogens with zero attached hydrogens (tertiary/aromatic N) is 4. The lowest BCUT2D eigenvalue weighted by Gasteiger charge is -2.37. The second-order valence-electron chi connectivity index (χ2n) is 10.2. The minimum atomic E-state index is -0.528. The molecule has 0 spiro atoms. The molecule has 0 unspecified atom stereocenters. The van der Waals surface area contributed by atoms with E-state index in [9.17, 15) is 9.59 Å². The lowest BCUT2D eigenvalue weighted by atomic mass is 10.0. The van der Waals surface area contributed by atoms with Crippen molar-refractivity contribution in [2.75, 3.05) is 31.1 Å². The van der Waals surface area contributed by atoms with Crippen molar-refractivity contribution in [2.24, 2.45) is 0 Å². The van der Waals surface area contributed by atoms with E-state index in [2.05, 4.69) is 41.2 Å². The fraction of sp³-hybridized carbons (Fsp3) is 0.393. The number of hydrogen-bond donors (Lipinski definition) is 0. The monoisotopic (exact) mass is 474 g/mol. The molecule has 2 aromatic carbocycles. The Morgan fingerprint density at radius 1 is 0.971 bits per heavy atom. The molecule has 1 fully saturated rings. The number of piperazine rings is 1. The van der Waals surface area contributed by atoms with E-state index in [-0.39, 0.29) is 11.7 Å². The zero-order chi connectivity index (χ0) is 25.2. The number of hydrogen-bond acceptors (Lipinski definition) is 5. The number of anilines is 1. The number of amides is 1. The summed E-state index contributed by atoms with van der Waals surface area (Å²) >= 11 is 0. The van der Waals surface area contributed by atoms with Gasteiger partial charge in [0, 0.05) is 38.2 Å². The largest absolute Gasteiger partial charge is 0.444 e. The molecule has 2 heterocycles. The number of rotatable bonds is 4. The smallest absolute Gasteiger partial charge is 0.410 e. The number of ether oxygens (including phenoxy) is 1. The molecule has 1 aliphatic rings. The summed E-state index contributed by atoms with van der Waals surface area (Å²) in [4.78, 5) is 30.1. The molecule has 0 saturated carbocycles. The minimum Gasteiger partial charge on any atom is -0.444 e. The molecule has 7 nitrogen and oxygen atoms in total. The van der Waals surface area contributed by atoms with Crippen molar-refractivity contribution in [1.82, 2.24) is 14.7 Å². The van der Waals surface area contributed by atoms with Crippen molar-refractivity contribution in [1.29, 1.82) is 0 Å². The van der Waals surface area contributed by atoms with Crippen LogP contribution in [-0.4, -0.2) is 52.6 Å². The van der Waals surface area contributed by atoms with Gasteiger partial charge < -0.3 is 14.5 Å². The predicted octanol–water partition coefficient (Wildman–Crippen LogP) is 4.50. The summed E-state index contributed by atoms with van der Waals surface area (Å²) in [5, 5.41) is 4.54. The molecule has 0 N–H and O–H groups in total. The van der Waals surface area contributed by atoms with E-state index < -0.39 is 5.60 Å². The van der Waals surface area contributed by atoms with Crippen molar-refractivity contribution >= 4 is 11.8 Å². The van der Waals surface area contributed by atoms with Crippen LogP contribution in [0.3, 0.4) is 0 Å². The first-order chi connectivity index (χ1) is 16.6. The summed E-state index contributed by atoms with van der Waals surface area (Å²) < 4.78 is 7.01. The standard InChI is InChI=1S/C28H34N4O3/c1-20-9-11-22(12-10-20)18-24-25(19-29-32(26(24)33)23-8-6-7-21(2)17-23)30-13-15-31(16-14-30)27(34)35-28(3,4)5/h6-12,17,19H,13-16,18H2,1-5H3. The first-order valence-corrected chi connectivity index (χ1v) is 12.1. The molecule has 4 rings (SSSR count). The molecule has 3 aromatic rings. The Hall–Kier alpha value is -3.61. The van der Waals surface area contributed by atoms with Crippen LogP contribution in [-0.2, 0) is 11.2 Å². The summed E-state index contributed by atoms with van der Waals surface area (Å²) in [6.07, 6.45) is 2.00. The zero-order valence-electron chi connectivity index (χ0n) is 21.2. The molecule has 7 heteroatoms. The van der Waals surface area contributed by atoms with Crippen LogP contribution < -0.4 is 10.5 Å². The van der Waals surface area contributed by atoms with E-state index in [4.69, 9.17) is 4.74 Å². The Morgan fingerprint density at radius 3 is 2.29 bits per heavy atom. The van der Waals surface area contributed by atoms with Gasteiger partial charge in [-0.25, -0.2) is 4.79 Å². The maximum absolute atomic E-state index is 13.7. The summed E-state index contributed by atoms with van der Waals surface area (Å²) in [7, 11) is 0. The minimum absolute atomic E-state index is 0.122. The molecule has 0 aliphatic carbocycles. The highest BCUT2D eigenvalue weighted by molar-refractivity contribution is 5.68. The van der Waals surface area contributed by atoms with E-state index in [1.54, 1.807) is 11.1 Å². The molecule has 0 atom stereocenters. The van der Waals surface area contributed by atoms with E-state index in [0.29, 0.717) is 38.2 Å². The van der Waals surface area contributed by atoms with Crippen LogP contribution >= 0.6 is 0 Å². The fourth-order valence-electron chi connectivity index (χ4n) is 4.23. The first kappa shape index (κ1) is 24.5. The van der Waals surface area contributed by atoms with Gasteiger partial charge >= 0.3 is 6.09 Å². The lowest BCUT2D eigenvalue weighted by molar-refractivity contribution is 0.0240. The van der Waals surface area contributed by atoms with E-state index in [1.165, 1.54) is 10.2 Å². The first-order valence-electron chi connectivity index (χ1n) is 12.1. The van der Waals surface area contributed by atoms with Gasteiger partial charge in [0.25, 0.3) is 5.56 Å². The maximum atomic E-state index is 13.7. The van der Waals surface area contributed by atoms with Crippen LogP contribution in [0.2, 0.25) is 0 Å². The van der Waals surface area contributed by atoms with Gasteiger partial charge in [0.05, 0.1) is 17.6 Å². The molecule has 0 bridgehead atoms. The van der Waals surface area contributed by atoms with E-state index in [0.717, 1.165) is 22.5 Å². The number of aromatic nitrogens is 2. The number of aryl methyl sites for hydroxylation is 2. The van der Waals surface area contributed by atoms with Crippen molar-refractivity contribution in [3.8, 4) is 5.69 Å². The number of carbonyl (C=O) groups excluding carboxylic acids is 1. The Kier molecular flexibility index (Phi) is 6.96. The second-order valence-corrected chi connectivity index (χ2v) is 10.2. The summed E-state index contributed by atoms with van der Waals surface area (Å²) in [5.41, 5.74) is 4.95. The molecule has 1 amide bonds. The number of benzene rings is 2. The van der Waals surface area contributed by atoms with Crippen LogP contribution in [0.15, 0.2) is 59.5 Å². The maximum Gasteiger partial charge on any atom is 0.410 e. The Bertz CT molecular complexity index is 1250. The third kappa shape index (κ3) is 5.91. The van der Waals surface area contributed by atoms with Gasteiger partial charge in [-0.1, -0.05) is 42.0 Å². The average molecular weight is 475 g/mol. The second kappa shape index (κ2) is 9.94. The van der Waals surface area contributed by atoms with Gasteiger partial charge in [-0.3, -0.25) is 4.79 Å². The molecule has 1 saturated heterocycles. The van der Waals surface area contributed by atoms with Gasteiger partial charge in [-0.2, -0.15) is 9.78 Å². The van der Waals surface area contributed by atoms with Crippen LogP contribution in [0.5, 0.6) is 0 Å². The summed E-state index contributed by atoms with van der Waals surface area (Å²) in [6.45, 7) is 11.9. The molecular weight excluding hydrogens is 440 g/mol. The third-order valence-electron chi connectivity index (χ3n) is 6.07. The van der Waals surface area contributed by atoms with Crippen LogP contribution in [0.25, 0.3) is 5.69 Å². The van der Waals surface area contributed by atoms with Crippen LogP contribution in [0.4, 0.5) is 10.5 Å². The highest BCUT2D eigenvalue weighted by atomic mass is 16.6. The molecule has 0 radical (unpaired) electrons. The average Bonchev–Trinajstić information content (AvgIpc) is 2.81. The number of carbonyl (C=O) groups is 1. The summed E-state index contributed by atoms with van der Waals surface area (Å²) in [5.74, 6) is 0. The van der Waals surface area contributed by atoms with Crippen LogP contribution in [0.1, 0.15) is 43.0 Å². The predicted molar refractivity (Wildman–Crippen MR) is 139 cm³/mol. The Labute approximate surface area is 206 Å². The molecule has 1 aliphatic heterocycles. The highest BCUT2D eigenvalue weighted by Gasteiger charge is 2.28. The Morgan fingerprint density at radius 2 is 1.66 bits per heavy atom. The quantitative estimate of drug-likeness (QED) is 0.557. The molecule has 35 heavy (non-hydrogen) atoms. The van der Waals surface area contributed by atoms with E-state index >= 15 is 0 Å². The Balaban J connectivity index is 1.65. The normalized spacial score (nSPS) is 14.2. The van der Waals surface area contributed by atoms with Gasteiger partial charge in [0.15, 0.2) is 0 Å². The van der Waals surface area contributed by atoms with Gasteiger partial charge in [0.1, 0.15) is 5.60 Å². The topological polar surface area (TPSA) is 67.7 Å². The van der Waals surface area contributed by atoms with Crippen molar-refractivity contribution in [3.05, 3.63) is 87.3 Å². The SMILES string of the molecule is Cc1ccc(Cc2c(N3CCN(C(=O)OC(C)(C)C)CC3)cnn(-c3cccc(C)c3)c2=O)cc1. The van der Waals surface area contributed by atoms with E-state index in [1.807, 2.05) is 52.0 Å². The van der Waals surface area contributed by atoms with Crippen LogP contribution in [0, 0.1) is 13.8 Å². The lowest BCUT2D eigenvalue weighted by Crippen LogP contribution is -2.50. The molecule has 1 aromatic heterocycles. The zero-order valence-corrected chi connectivity index (χ0v) is 21.2. The van der Waals surface area contributed by atoms with Gasteiger partial charge in [0.2, 0.25) is 0 Å². The van der Waals surface area contributed by atoms with Crippen molar-refractivity contribution < 1.29 is 9.53 Å². The summed E-state index contributed by atoms with van der Waals surface area (Å²) in [6, 6.07) is 16.1. The fourth-order valence-corrected chi connectivity index (χ4v) is 4.23. The van der Waals surface area contributed by atoms with Crippen molar-refractivity contribution in [2.45, 2.75) is 46.6 Å². The molecular formula is C28H34N4O3.